The fourth-order valence-corrected chi connectivity index (χ4v) is 2.19. The summed E-state index contributed by atoms with van der Waals surface area (Å²) >= 11 is 0. The van der Waals surface area contributed by atoms with E-state index in [1.165, 1.54) is 0 Å². The van der Waals surface area contributed by atoms with E-state index < -0.39 is 0 Å². The molecule has 0 aliphatic rings. The van der Waals surface area contributed by atoms with Crippen LogP contribution in [0.3, 0.4) is 0 Å². The number of rotatable bonds is 7. The molecule has 2 rings (SSSR count). The van der Waals surface area contributed by atoms with Gasteiger partial charge >= 0.3 is 0 Å². The molecule has 2 aromatic heterocycles. The van der Waals surface area contributed by atoms with Crippen molar-refractivity contribution in [1.82, 2.24) is 19.9 Å². The summed E-state index contributed by atoms with van der Waals surface area (Å²) in [5.74, 6) is 0.456. The number of hydrogen-bond donors (Lipinski definition) is 0. The monoisotopic (exact) mass is 329 g/mol. The summed E-state index contributed by atoms with van der Waals surface area (Å²) in [6.45, 7) is 3.16. The van der Waals surface area contributed by atoms with Crippen LogP contribution in [0.2, 0.25) is 0 Å². The molecule has 0 fully saturated rings. The van der Waals surface area contributed by atoms with Gasteiger partial charge in [0.2, 0.25) is 5.95 Å². The molecule has 1 amide bonds. The van der Waals surface area contributed by atoms with E-state index in [4.69, 9.17) is 4.74 Å². The Kier molecular flexibility index (Phi) is 6.20. The van der Waals surface area contributed by atoms with E-state index in [9.17, 15) is 4.79 Å². The largest absolute Gasteiger partial charge is 0.383 e. The molecule has 0 radical (unpaired) electrons. The highest BCUT2D eigenvalue weighted by Gasteiger charge is 2.20. The molecule has 24 heavy (non-hydrogen) atoms. The van der Waals surface area contributed by atoms with E-state index >= 15 is 0 Å². The van der Waals surface area contributed by atoms with Crippen molar-refractivity contribution in [2.45, 2.75) is 13.5 Å². The third-order valence-corrected chi connectivity index (χ3v) is 3.53. The van der Waals surface area contributed by atoms with Gasteiger partial charge in [-0.3, -0.25) is 9.78 Å². The van der Waals surface area contributed by atoms with Crippen LogP contribution in [0.1, 0.15) is 21.7 Å². The van der Waals surface area contributed by atoms with Crippen LogP contribution in [-0.4, -0.2) is 60.1 Å². The van der Waals surface area contributed by atoms with Gasteiger partial charge in [-0.25, -0.2) is 9.97 Å². The number of methoxy groups -OCH3 is 1. The minimum absolute atomic E-state index is 0.125. The first kappa shape index (κ1) is 17.8. The van der Waals surface area contributed by atoms with E-state index in [-0.39, 0.29) is 5.91 Å². The Bertz CT molecular complexity index is 676. The second-order valence-electron chi connectivity index (χ2n) is 5.60. The SMILES string of the molecule is COCCN(Cc1ccccn1)C(=O)c1cnc(N(C)C)nc1C. The summed E-state index contributed by atoms with van der Waals surface area (Å²) < 4.78 is 5.12. The molecule has 0 saturated heterocycles. The number of hydrogen-bond acceptors (Lipinski definition) is 6. The van der Waals surface area contributed by atoms with Gasteiger partial charge in [0.1, 0.15) is 0 Å². The van der Waals surface area contributed by atoms with Crippen molar-refractivity contribution in [2.75, 3.05) is 39.3 Å². The van der Waals surface area contributed by atoms with Gasteiger partial charge in [0.25, 0.3) is 5.91 Å². The second-order valence-corrected chi connectivity index (χ2v) is 5.60. The minimum Gasteiger partial charge on any atom is -0.383 e. The molecular formula is C17H23N5O2. The zero-order chi connectivity index (χ0) is 17.5. The van der Waals surface area contributed by atoms with Gasteiger partial charge in [-0.2, -0.15) is 0 Å². The molecule has 7 nitrogen and oxygen atoms in total. The molecule has 0 aliphatic heterocycles. The predicted molar refractivity (Wildman–Crippen MR) is 91.9 cm³/mol. The first-order chi connectivity index (χ1) is 11.5. The molecule has 0 unspecified atom stereocenters. The fraction of sp³-hybridized carbons (Fsp3) is 0.412. The minimum atomic E-state index is -0.125. The lowest BCUT2D eigenvalue weighted by atomic mass is 10.2. The maximum atomic E-state index is 12.9. The van der Waals surface area contributed by atoms with Crippen molar-refractivity contribution in [2.24, 2.45) is 0 Å². The molecular weight excluding hydrogens is 306 g/mol. The van der Waals surface area contributed by atoms with Crippen molar-refractivity contribution in [3.8, 4) is 0 Å². The van der Waals surface area contributed by atoms with Gasteiger partial charge in [0.15, 0.2) is 0 Å². The van der Waals surface area contributed by atoms with E-state index in [0.29, 0.717) is 36.9 Å². The van der Waals surface area contributed by atoms with Gasteiger partial charge < -0.3 is 14.5 Å². The highest BCUT2D eigenvalue weighted by atomic mass is 16.5. The first-order valence-corrected chi connectivity index (χ1v) is 7.72. The van der Waals surface area contributed by atoms with E-state index in [1.54, 1.807) is 29.3 Å². The number of ether oxygens (including phenoxy) is 1. The Hall–Kier alpha value is -2.54. The van der Waals surface area contributed by atoms with E-state index in [2.05, 4.69) is 15.0 Å². The molecule has 0 bridgehead atoms. The second kappa shape index (κ2) is 8.35. The zero-order valence-electron chi connectivity index (χ0n) is 14.6. The molecule has 2 aromatic rings. The zero-order valence-corrected chi connectivity index (χ0v) is 14.6. The molecule has 0 aromatic carbocycles. The van der Waals surface area contributed by atoms with Crippen LogP contribution >= 0.6 is 0 Å². The van der Waals surface area contributed by atoms with Crippen molar-refractivity contribution >= 4 is 11.9 Å². The number of nitrogens with zero attached hydrogens (tertiary/aromatic N) is 5. The molecule has 0 saturated carbocycles. The molecule has 128 valence electrons. The normalized spacial score (nSPS) is 10.5. The van der Waals surface area contributed by atoms with Crippen LogP contribution in [-0.2, 0) is 11.3 Å². The average molecular weight is 329 g/mol. The number of pyridine rings is 1. The van der Waals surface area contributed by atoms with Crippen molar-refractivity contribution in [3.63, 3.8) is 0 Å². The standard InChI is InChI=1S/C17H23N5O2/c1-13-15(11-19-17(20-13)21(2)3)16(23)22(9-10-24-4)12-14-7-5-6-8-18-14/h5-8,11H,9-10,12H2,1-4H3. The van der Waals surface area contributed by atoms with Gasteiger partial charge in [-0.1, -0.05) is 6.07 Å². The lowest BCUT2D eigenvalue weighted by Crippen LogP contribution is -2.34. The van der Waals surface area contributed by atoms with Crippen LogP contribution in [0.4, 0.5) is 5.95 Å². The van der Waals surface area contributed by atoms with Crippen LogP contribution in [0.25, 0.3) is 0 Å². The Balaban J connectivity index is 2.23. The van der Waals surface area contributed by atoms with E-state index in [1.807, 2.05) is 39.2 Å². The number of carbonyl (C=O) groups excluding carboxylic acids is 1. The number of carbonyl (C=O) groups is 1. The Labute approximate surface area is 142 Å². The maximum absolute atomic E-state index is 12.9. The van der Waals surface area contributed by atoms with E-state index in [0.717, 1.165) is 5.69 Å². The molecule has 7 heteroatoms. The summed E-state index contributed by atoms with van der Waals surface area (Å²) in [6, 6.07) is 5.65. The predicted octanol–water partition coefficient (Wildman–Crippen LogP) is 1.53. The third-order valence-electron chi connectivity index (χ3n) is 3.53. The van der Waals surface area contributed by atoms with Gasteiger partial charge in [0.05, 0.1) is 30.1 Å². The first-order valence-electron chi connectivity index (χ1n) is 7.72. The van der Waals surface area contributed by atoms with Crippen molar-refractivity contribution in [3.05, 3.63) is 47.5 Å². The molecule has 2 heterocycles. The number of aromatic nitrogens is 3. The molecule has 0 N–H and O–H groups in total. The van der Waals surface area contributed by atoms with Crippen LogP contribution < -0.4 is 4.90 Å². The summed E-state index contributed by atoms with van der Waals surface area (Å²) in [6.07, 6.45) is 3.30. The number of amides is 1. The Morgan fingerprint density at radius 2 is 2.04 bits per heavy atom. The van der Waals surface area contributed by atoms with Gasteiger partial charge in [0, 0.05) is 40.1 Å². The number of anilines is 1. The fourth-order valence-electron chi connectivity index (χ4n) is 2.19. The Morgan fingerprint density at radius 1 is 1.25 bits per heavy atom. The topological polar surface area (TPSA) is 71.5 Å². The lowest BCUT2D eigenvalue weighted by Gasteiger charge is -2.23. The van der Waals surface area contributed by atoms with Crippen LogP contribution in [0.15, 0.2) is 30.6 Å². The quantitative estimate of drug-likeness (QED) is 0.767. The molecule has 0 spiro atoms. The maximum Gasteiger partial charge on any atom is 0.257 e. The summed E-state index contributed by atoms with van der Waals surface area (Å²) in [4.78, 5) is 29.3. The van der Waals surface area contributed by atoms with Crippen molar-refractivity contribution in [1.29, 1.82) is 0 Å². The van der Waals surface area contributed by atoms with Crippen LogP contribution in [0.5, 0.6) is 0 Å². The highest BCUT2D eigenvalue weighted by molar-refractivity contribution is 5.95. The smallest absolute Gasteiger partial charge is 0.257 e. The van der Waals surface area contributed by atoms with Gasteiger partial charge in [-0.15, -0.1) is 0 Å². The summed E-state index contributed by atoms with van der Waals surface area (Å²) in [7, 11) is 5.34. The Morgan fingerprint density at radius 3 is 2.62 bits per heavy atom. The van der Waals surface area contributed by atoms with Crippen molar-refractivity contribution < 1.29 is 9.53 Å². The molecule has 0 aliphatic carbocycles. The third kappa shape index (κ3) is 4.48. The number of aryl methyl sites for hydroxylation is 1. The lowest BCUT2D eigenvalue weighted by molar-refractivity contribution is 0.0676. The van der Waals surface area contributed by atoms with Gasteiger partial charge in [-0.05, 0) is 19.1 Å². The summed E-state index contributed by atoms with van der Waals surface area (Å²) in [5, 5.41) is 0. The summed E-state index contributed by atoms with van der Waals surface area (Å²) in [5.41, 5.74) is 1.97. The molecule has 0 atom stereocenters. The highest BCUT2D eigenvalue weighted by Crippen LogP contribution is 2.13. The van der Waals surface area contributed by atoms with Crippen LogP contribution in [0, 0.1) is 6.92 Å². The average Bonchev–Trinajstić information content (AvgIpc) is 2.58.